The van der Waals surface area contributed by atoms with Gasteiger partial charge in [0.05, 0.1) is 6.04 Å². The second-order valence-electron chi connectivity index (χ2n) is 4.96. The zero-order chi connectivity index (χ0) is 15.4. The highest BCUT2D eigenvalue weighted by molar-refractivity contribution is 6.31. The van der Waals surface area contributed by atoms with E-state index in [1.165, 1.54) is 29.0 Å². The van der Waals surface area contributed by atoms with Crippen molar-refractivity contribution in [2.24, 2.45) is 0 Å². The van der Waals surface area contributed by atoms with Gasteiger partial charge in [0.15, 0.2) is 5.65 Å². The molecule has 22 heavy (non-hydrogen) atoms. The highest BCUT2D eigenvalue weighted by atomic mass is 35.5. The van der Waals surface area contributed by atoms with E-state index in [1.54, 1.807) is 6.07 Å². The van der Waals surface area contributed by atoms with Crippen LogP contribution in [-0.4, -0.2) is 20.5 Å². The van der Waals surface area contributed by atoms with E-state index in [4.69, 9.17) is 17.3 Å². The maximum atomic E-state index is 13.5. The first kappa shape index (κ1) is 13.0. The van der Waals surface area contributed by atoms with E-state index < -0.39 is 11.9 Å². The Morgan fingerprint density at radius 1 is 1.36 bits per heavy atom. The summed E-state index contributed by atoms with van der Waals surface area (Å²) in [6.45, 7) is 0. The number of nitrogens with one attached hydrogen (secondary N) is 1. The molecule has 0 fully saturated rings. The third-order valence-corrected chi connectivity index (χ3v) is 4.03. The van der Waals surface area contributed by atoms with E-state index in [-0.39, 0.29) is 11.6 Å². The number of nitrogens with two attached hydrogens (primary N) is 1. The third-order valence-electron chi connectivity index (χ3n) is 3.68. The molecule has 0 spiro atoms. The van der Waals surface area contributed by atoms with Crippen LogP contribution in [0.3, 0.4) is 0 Å². The number of aromatic nitrogens is 3. The molecule has 0 saturated carbocycles. The molecule has 3 N–H and O–H groups in total. The molecule has 110 valence electrons. The molecule has 3 aromatic rings. The Kier molecular flexibility index (Phi) is 2.61. The molecule has 0 aliphatic carbocycles. The minimum Gasteiger partial charge on any atom is -0.398 e. The van der Waals surface area contributed by atoms with Crippen molar-refractivity contribution in [3.05, 3.63) is 58.3 Å². The van der Waals surface area contributed by atoms with Gasteiger partial charge in [0.2, 0.25) is 0 Å². The number of pyridine rings is 1. The van der Waals surface area contributed by atoms with Crippen LogP contribution < -0.4 is 11.1 Å². The van der Waals surface area contributed by atoms with E-state index in [0.717, 1.165) is 0 Å². The molecule has 3 heterocycles. The highest BCUT2D eigenvalue weighted by Crippen LogP contribution is 2.38. The fraction of sp³-hybridized carbons (Fsp3) is 0.0714. The zero-order valence-electron chi connectivity index (χ0n) is 11.0. The Balaban J connectivity index is 2.01. The van der Waals surface area contributed by atoms with Crippen molar-refractivity contribution in [2.75, 3.05) is 5.73 Å². The highest BCUT2D eigenvalue weighted by Gasteiger charge is 2.36. The first-order chi connectivity index (χ1) is 10.6. The number of anilines is 1. The molecule has 1 amide bonds. The minimum absolute atomic E-state index is 0.290. The number of hydrogen-bond acceptors (Lipinski definition) is 4. The van der Waals surface area contributed by atoms with Gasteiger partial charge in [0.25, 0.3) is 5.91 Å². The van der Waals surface area contributed by atoms with Gasteiger partial charge in [-0.1, -0.05) is 11.6 Å². The fourth-order valence-corrected chi connectivity index (χ4v) is 2.98. The maximum absolute atomic E-state index is 13.5. The molecule has 1 unspecified atom stereocenters. The van der Waals surface area contributed by atoms with E-state index in [1.807, 2.05) is 0 Å². The average molecular weight is 318 g/mol. The second-order valence-corrected chi connectivity index (χ2v) is 5.37. The van der Waals surface area contributed by atoms with Crippen molar-refractivity contribution in [1.29, 1.82) is 0 Å². The van der Waals surface area contributed by atoms with Crippen molar-refractivity contribution in [3.63, 3.8) is 0 Å². The van der Waals surface area contributed by atoms with Crippen LogP contribution in [0.5, 0.6) is 0 Å². The molecule has 1 atom stereocenters. The van der Waals surface area contributed by atoms with E-state index in [2.05, 4.69) is 15.4 Å². The molecular formula is C14H9ClFN5O. The van der Waals surface area contributed by atoms with Crippen molar-refractivity contribution in [3.8, 4) is 0 Å². The van der Waals surface area contributed by atoms with Crippen LogP contribution in [0.4, 0.5) is 10.1 Å². The van der Waals surface area contributed by atoms with Crippen molar-refractivity contribution in [2.45, 2.75) is 6.04 Å². The minimum atomic E-state index is -0.626. The normalized spacial score (nSPS) is 16.8. The molecular weight excluding hydrogens is 309 g/mol. The Morgan fingerprint density at radius 3 is 3.00 bits per heavy atom. The Labute approximate surface area is 128 Å². The fourth-order valence-electron chi connectivity index (χ4n) is 2.75. The molecule has 0 bridgehead atoms. The number of rotatable bonds is 1. The van der Waals surface area contributed by atoms with Gasteiger partial charge in [0.1, 0.15) is 17.8 Å². The molecule has 4 rings (SSSR count). The monoisotopic (exact) mass is 317 g/mol. The topological polar surface area (TPSA) is 85.3 Å². The Bertz CT molecular complexity index is 938. The lowest BCUT2D eigenvalue weighted by atomic mass is 9.99. The summed E-state index contributed by atoms with van der Waals surface area (Å²) in [6, 6.07) is 4.98. The summed E-state index contributed by atoms with van der Waals surface area (Å²) in [6.07, 6.45) is 1.34. The Morgan fingerprint density at radius 2 is 2.18 bits per heavy atom. The molecule has 1 aliphatic heterocycles. The van der Waals surface area contributed by atoms with Gasteiger partial charge in [-0.2, -0.15) is 5.10 Å². The summed E-state index contributed by atoms with van der Waals surface area (Å²) in [4.78, 5) is 16.3. The number of nitrogen functional groups attached to an aromatic ring is 1. The lowest BCUT2D eigenvalue weighted by Crippen LogP contribution is -2.21. The molecule has 1 aromatic carbocycles. The summed E-state index contributed by atoms with van der Waals surface area (Å²) in [5, 5.41) is 7.14. The number of carbonyl (C=O) groups excluding carboxylic acids is 1. The Hall–Kier alpha value is -2.67. The third kappa shape index (κ3) is 1.69. The van der Waals surface area contributed by atoms with Crippen LogP contribution in [0, 0.1) is 5.82 Å². The van der Waals surface area contributed by atoms with Crippen LogP contribution in [0.25, 0.3) is 5.65 Å². The summed E-state index contributed by atoms with van der Waals surface area (Å²) in [7, 11) is 0. The predicted molar refractivity (Wildman–Crippen MR) is 78.1 cm³/mol. The quantitative estimate of drug-likeness (QED) is 0.718. The van der Waals surface area contributed by atoms with E-state index in [9.17, 15) is 9.18 Å². The first-order valence-corrected chi connectivity index (χ1v) is 6.82. The van der Waals surface area contributed by atoms with Crippen LogP contribution in [0.2, 0.25) is 5.02 Å². The zero-order valence-corrected chi connectivity index (χ0v) is 11.8. The van der Waals surface area contributed by atoms with Gasteiger partial charge in [0, 0.05) is 27.9 Å². The van der Waals surface area contributed by atoms with Crippen LogP contribution >= 0.6 is 11.6 Å². The lowest BCUT2D eigenvalue weighted by Gasteiger charge is -2.15. The van der Waals surface area contributed by atoms with E-state index >= 15 is 0 Å². The molecule has 0 radical (unpaired) electrons. The molecule has 8 heteroatoms. The summed E-state index contributed by atoms with van der Waals surface area (Å²) in [5.74, 6) is -0.800. The van der Waals surface area contributed by atoms with Gasteiger partial charge in [-0.15, -0.1) is 0 Å². The van der Waals surface area contributed by atoms with Crippen LogP contribution in [0.1, 0.15) is 27.7 Å². The van der Waals surface area contributed by atoms with Crippen molar-refractivity contribution >= 4 is 28.8 Å². The van der Waals surface area contributed by atoms with Gasteiger partial charge in [-0.05, 0) is 18.2 Å². The molecule has 6 nitrogen and oxygen atoms in total. The largest absolute Gasteiger partial charge is 0.398 e. The number of carbonyl (C=O) groups is 1. The number of amides is 1. The SMILES string of the molecule is Nc1cc2ncnn2c2c1C(c1cc(F)ccc1Cl)NC2=O. The summed E-state index contributed by atoms with van der Waals surface area (Å²) < 4.78 is 15.0. The predicted octanol–water partition coefficient (Wildman–Crippen LogP) is 1.94. The number of halogens is 2. The van der Waals surface area contributed by atoms with E-state index in [0.29, 0.717) is 27.5 Å². The molecule has 1 aliphatic rings. The lowest BCUT2D eigenvalue weighted by molar-refractivity contribution is 0.0954. The van der Waals surface area contributed by atoms with Crippen LogP contribution in [0.15, 0.2) is 30.6 Å². The van der Waals surface area contributed by atoms with Crippen LogP contribution in [-0.2, 0) is 0 Å². The number of nitrogens with zero attached hydrogens (tertiary/aromatic N) is 3. The number of fused-ring (bicyclic) bond motifs is 3. The average Bonchev–Trinajstić information content (AvgIpc) is 3.06. The van der Waals surface area contributed by atoms with Crippen molar-refractivity contribution < 1.29 is 9.18 Å². The summed E-state index contributed by atoms with van der Waals surface area (Å²) in [5.41, 5.74) is 8.17. The molecule has 0 saturated heterocycles. The van der Waals surface area contributed by atoms with Gasteiger partial charge < -0.3 is 11.1 Å². The second kappa shape index (κ2) is 4.41. The standard InChI is InChI=1S/C14H9ClFN5O/c15-8-2-1-6(16)3-7(8)12-11-9(17)4-10-18-5-19-21(10)13(11)14(22)20-12/h1-5,12H,17H2,(H,20,22). The molecule has 2 aromatic heterocycles. The number of benzene rings is 1. The van der Waals surface area contributed by atoms with Gasteiger partial charge in [-0.25, -0.2) is 13.9 Å². The maximum Gasteiger partial charge on any atom is 0.271 e. The number of hydrogen-bond donors (Lipinski definition) is 2. The summed E-state index contributed by atoms with van der Waals surface area (Å²) >= 11 is 6.15. The van der Waals surface area contributed by atoms with Gasteiger partial charge >= 0.3 is 0 Å². The van der Waals surface area contributed by atoms with Crippen molar-refractivity contribution in [1.82, 2.24) is 19.9 Å². The first-order valence-electron chi connectivity index (χ1n) is 6.44. The van der Waals surface area contributed by atoms with Gasteiger partial charge in [-0.3, -0.25) is 4.79 Å². The smallest absolute Gasteiger partial charge is 0.271 e.